The van der Waals surface area contributed by atoms with Crippen molar-refractivity contribution < 1.29 is 0 Å². The Hall–Kier alpha value is -0.980. The van der Waals surface area contributed by atoms with Crippen LogP contribution in [-0.2, 0) is 0 Å². The molecule has 0 amide bonds. The van der Waals surface area contributed by atoms with Crippen molar-refractivity contribution in [3.8, 4) is 0 Å². The molecule has 13 heavy (non-hydrogen) atoms. The molecule has 0 fully saturated rings. The van der Waals surface area contributed by atoms with Gasteiger partial charge in [-0.1, -0.05) is 25.1 Å². The maximum absolute atomic E-state index is 3.52. The summed E-state index contributed by atoms with van der Waals surface area (Å²) in [6, 6.07) is 9.31. The van der Waals surface area contributed by atoms with Crippen LogP contribution >= 0.6 is 0 Å². The van der Waals surface area contributed by atoms with Gasteiger partial charge in [-0.15, -0.1) is 0 Å². The third-order valence-corrected chi connectivity index (χ3v) is 2.93. The Labute approximate surface area is 80.2 Å². The average molecular weight is 175 g/mol. The molecule has 1 aromatic carbocycles. The van der Waals surface area contributed by atoms with Crippen LogP contribution in [0.4, 0.5) is 5.69 Å². The molecule has 0 bridgehead atoms. The molecule has 0 saturated heterocycles. The molecule has 1 aromatic rings. The van der Waals surface area contributed by atoms with Crippen LogP contribution in [0.3, 0.4) is 0 Å². The lowest BCUT2D eigenvalue weighted by molar-refractivity contribution is 0.541. The maximum Gasteiger partial charge on any atom is 0.0377 e. The molecule has 2 rings (SSSR count). The summed E-state index contributed by atoms with van der Waals surface area (Å²) in [6.45, 7) is 4.54. The van der Waals surface area contributed by atoms with Gasteiger partial charge in [0.25, 0.3) is 0 Å². The van der Waals surface area contributed by atoms with E-state index in [1.54, 1.807) is 0 Å². The van der Waals surface area contributed by atoms with Gasteiger partial charge in [0.15, 0.2) is 0 Å². The standard InChI is InChI=1S/C12H17N/c1-3-10-8-9(2)13-12-7-5-4-6-11(10)12/h4-7,9-10,13H,3,8H2,1-2H3/t9-,10+/m1/s1. The van der Waals surface area contributed by atoms with E-state index in [0.29, 0.717) is 6.04 Å². The number of nitrogens with one attached hydrogen (secondary N) is 1. The van der Waals surface area contributed by atoms with Gasteiger partial charge in [-0.2, -0.15) is 0 Å². The van der Waals surface area contributed by atoms with Gasteiger partial charge in [-0.3, -0.25) is 0 Å². The highest BCUT2D eigenvalue weighted by atomic mass is 14.9. The SMILES string of the molecule is CC[C@H]1C[C@@H](C)Nc2ccccc21. The van der Waals surface area contributed by atoms with Gasteiger partial charge in [0.2, 0.25) is 0 Å². The van der Waals surface area contributed by atoms with E-state index >= 15 is 0 Å². The normalized spacial score (nSPS) is 26.3. The van der Waals surface area contributed by atoms with E-state index in [1.807, 2.05) is 0 Å². The van der Waals surface area contributed by atoms with Crippen molar-refractivity contribution in [1.82, 2.24) is 0 Å². The van der Waals surface area contributed by atoms with Crippen molar-refractivity contribution in [2.24, 2.45) is 0 Å². The quantitative estimate of drug-likeness (QED) is 0.690. The molecular weight excluding hydrogens is 158 g/mol. The van der Waals surface area contributed by atoms with Crippen LogP contribution in [-0.4, -0.2) is 6.04 Å². The van der Waals surface area contributed by atoms with Crippen LogP contribution in [0.15, 0.2) is 24.3 Å². The van der Waals surface area contributed by atoms with Gasteiger partial charge >= 0.3 is 0 Å². The molecule has 1 aliphatic heterocycles. The smallest absolute Gasteiger partial charge is 0.0377 e. The third kappa shape index (κ3) is 1.55. The van der Waals surface area contributed by atoms with Crippen LogP contribution < -0.4 is 5.32 Å². The lowest BCUT2D eigenvalue weighted by atomic mass is 9.86. The third-order valence-electron chi connectivity index (χ3n) is 2.93. The molecule has 0 unspecified atom stereocenters. The predicted molar refractivity (Wildman–Crippen MR) is 57.2 cm³/mol. The molecule has 70 valence electrons. The van der Waals surface area contributed by atoms with Gasteiger partial charge in [-0.05, 0) is 37.3 Å². The number of hydrogen-bond acceptors (Lipinski definition) is 1. The zero-order valence-electron chi connectivity index (χ0n) is 8.38. The Kier molecular flexibility index (Phi) is 2.26. The molecular formula is C12H17N. The van der Waals surface area contributed by atoms with Crippen LogP contribution in [0.5, 0.6) is 0 Å². The van der Waals surface area contributed by atoms with Crippen molar-refractivity contribution in [2.45, 2.75) is 38.6 Å². The van der Waals surface area contributed by atoms with Crippen LogP contribution in [0.25, 0.3) is 0 Å². The first-order valence-electron chi connectivity index (χ1n) is 5.16. The summed E-state index contributed by atoms with van der Waals surface area (Å²) in [6.07, 6.45) is 2.52. The molecule has 0 saturated carbocycles. The van der Waals surface area contributed by atoms with E-state index in [2.05, 4.69) is 43.4 Å². The summed E-state index contributed by atoms with van der Waals surface area (Å²) in [5.74, 6) is 0.757. The van der Waals surface area contributed by atoms with E-state index in [4.69, 9.17) is 0 Å². The minimum atomic E-state index is 0.625. The van der Waals surface area contributed by atoms with Gasteiger partial charge < -0.3 is 5.32 Å². The fraction of sp³-hybridized carbons (Fsp3) is 0.500. The van der Waals surface area contributed by atoms with Gasteiger partial charge in [-0.25, -0.2) is 0 Å². The fourth-order valence-electron chi connectivity index (χ4n) is 2.25. The second-order valence-electron chi connectivity index (χ2n) is 3.97. The van der Waals surface area contributed by atoms with E-state index in [0.717, 1.165) is 5.92 Å². The lowest BCUT2D eigenvalue weighted by Crippen LogP contribution is -2.24. The highest BCUT2D eigenvalue weighted by Crippen LogP contribution is 2.35. The van der Waals surface area contributed by atoms with E-state index in [-0.39, 0.29) is 0 Å². The second-order valence-corrected chi connectivity index (χ2v) is 3.97. The summed E-state index contributed by atoms with van der Waals surface area (Å²) in [5.41, 5.74) is 2.84. The Bertz CT molecular complexity index is 293. The zero-order chi connectivity index (χ0) is 9.26. The largest absolute Gasteiger partial charge is 0.382 e. The zero-order valence-corrected chi connectivity index (χ0v) is 8.38. The first-order chi connectivity index (χ1) is 6.31. The molecule has 0 aromatic heterocycles. The molecule has 1 aliphatic rings. The number of rotatable bonds is 1. The molecule has 1 heteroatoms. The number of para-hydroxylation sites is 1. The lowest BCUT2D eigenvalue weighted by Gasteiger charge is -2.30. The Morgan fingerprint density at radius 2 is 2.15 bits per heavy atom. The molecule has 0 spiro atoms. The number of hydrogen-bond donors (Lipinski definition) is 1. The molecule has 0 aliphatic carbocycles. The number of fused-ring (bicyclic) bond motifs is 1. The monoisotopic (exact) mass is 175 g/mol. The van der Waals surface area contributed by atoms with E-state index in [9.17, 15) is 0 Å². The van der Waals surface area contributed by atoms with E-state index < -0.39 is 0 Å². The van der Waals surface area contributed by atoms with Crippen molar-refractivity contribution >= 4 is 5.69 Å². The van der Waals surface area contributed by atoms with Gasteiger partial charge in [0, 0.05) is 11.7 Å². The Morgan fingerprint density at radius 3 is 2.92 bits per heavy atom. The molecule has 2 atom stereocenters. The van der Waals surface area contributed by atoms with Crippen molar-refractivity contribution in [2.75, 3.05) is 5.32 Å². The van der Waals surface area contributed by atoms with E-state index in [1.165, 1.54) is 24.1 Å². The van der Waals surface area contributed by atoms with Crippen molar-refractivity contribution in [3.63, 3.8) is 0 Å². The number of benzene rings is 1. The van der Waals surface area contributed by atoms with Crippen molar-refractivity contribution in [1.29, 1.82) is 0 Å². The minimum Gasteiger partial charge on any atom is -0.382 e. The first kappa shape index (κ1) is 8.61. The summed E-state index contributed by atoms with van der Waals surface area (Å²) in [5, 5.41) is 3.52. The predicted octanol–water partition coefficient (Wildman–Crippen LogP) is 3.38. The summed E-state index contributed by atoms with van der Waals surface area (Å²) >= 11 is 0. The summed E-state index contributed by atoms with van der Waals surface area (Å²) < 4.78 is 0. The molecule has 1 heterocycles. The topological polar surface area (TPSA) is 12.0 Å². The van der Waals surface area contributed by atoms with Crippen LogP contribution in [0.2, 0.25) is 0 Å². The molecule has 1 N–H and O–H groups in total. The van der Waals surface area contributed by atoms with Crippen molar-refractivity contribution in [3.05, 3.63) is 29.8 Å². The van der Waals surface area contributed by atoms with Gasteiger partial charge in [0.05, 0.1) is 0 Å². The molecule has 0 radical (unpaired) electrons. The first-order valence-corrected chi connectivity index (χ1v) is 5.16. The molecule has 1 nitrogen and oxygen atoms in total. The second kappa shape index (κ2) is 3.41. The van der Waals surface area contributed by atoms with Crippen LogP contribution in [0.1, 0.15) is 38.2 Å². The number of anilines is 1. The summed E-state index contributed by atoms with van der Waals surface area (Å²) in [7, 11) is 0. The maximum atomic E-state index is 3.52. The van der Waals surface area contributed by atoms with Crippen LogP contribution in [0, 0.1) is 0 Å². The fourth-order valence-corrected chi connectivity index (χ4v) is 2.25. The Morgan fingerprint density at radius 1 is 1.38 bits per heavy atom. The van der Waals surface area contributed by atoms with Gasteiger partial charge in [0.1, 0.15) is 0 Å². The Balaban J connectivity index is 2.37. The highest BCUT2D eigenvalue weighted by molar-refractivity contribution is 5.55. The average Bonchev–Trinajstić information content (AvgIpc) is 2.16. The summed E-state index contributed by atoms with van der Waals surface area (Å²) in [4.78, 5) is 0. The minimum absolute atomic E-state index is 0.625. The highest BCUT2D eigenvalue weighted by Gasteiger charge is 2.21.